The molecule has 1 heterocycles. The Kier molecular flexibility index (Phi) is 5.38. The van der Waals surface area contributed by atoms with Crippen LogP contribution in [0.1, 0.15) is 19.0 Å². The first-order chi connectivity index (χ1) is 8.22. The highest BCUT2D eigenvalue weighted by molar-refractivity contribution is 5.85. The number of halogens is 2. The fourth-order valence-corrected chi connectivity index (χ4v) is 1.88. The van der Waals surface area contributed by atoms with Crippen molar-refractivity contribution >= 4 is 12.4 Å². The van der Waals surface area contributed by atoms with Crippen molar-refractivity contribution in [3.63, 3.8) is 0 Å². The first-order valence-corrected chi connectivity index (χ1v) is 5.89. The van der Waals surface area contributed by atoms with Crippen molar-refractivity contribution in [2.45, 2.75) is 25.8 Å². The Labute approximate surface area is 113 Å². The van der Waals surface area contributed by atoms with E-state index >= 15 is 0 Å². The van der Waals surface area contributed by atoms with Gasteiger partial charge in [0.05, 0.1) is 5.69 Å². The van der Waals surface area contributed by atoms with E-state index < -0.39 is 0 Å². The molecule has 0 saturated heterocycles. The van der Waals surface area contributed by atoms with Gasteiger partial charge in [-0.15, -0.1) is 12.4 Å². The van der Waals surface area contributed by atoms with Crippen LogP contribution in [0.3, 0.4) is 0 Å². The maximum absolute atomic E-state index is 13.7. The van der Waals surface area contributed by atoms with E-state index in [1.807, 2.05) is 29.0 Å². The van der Waals surface area contributed by atoms with Gasteiger partial charge in [0.15, 0.2) is 0 Å². The lowest BCUT2D eigenvalue weighted by atomic mass is 10.1. The molecule has 0 amide bonds. The largest absolute Gasteiger partial charge is 0.327 e. The second-order valence-corrected chi connectivity index (χ2v) is 4.19. The summed E-state index contributed by atoms with van der Waals surface area (Å²) >= 11 is 0. The van der Waals surface area contributed by atoms with E-state index in [0.717, 1.165) is 18.5 Å². The molecule has 2 nitrogen and oxygen atoms in total. The summed E-state index contributed by atoms with van der Waals surface area (Å²) in [5.41, 5.74) is 7.57. The number of nitrogens with two attached hydrogens (primary N) is 1. The third kappa shape index (κ3) is 3.12. The summed E-state index contributed by atoms with van der Waals surface area (Å²) in [6, 6.07) is 10.8. The molecule has 2 aromatic rings. The quantitative estimate of drug-likeness (QED) is 0.906. The van der Waals surface area contributed by atoms with Gasteiger partial charge < -0.3 is 10.3 Å². The number of para-hydroxylation sites is 1. The maximum atomic E-state index is 13.7. The Bertz CT molecular complexity index is 496. The van der Waals surface area contributed by atoms with Gasteiger partial charge in [0.1, 0.15) is 5.82 Å². The van der Waals surface area contributed by atoms with Gasteiger partial charge in [-0.25, -0.2) is 4.39 Å². The monoisotopic (exact) mass is 268 g/mol. The van der Waals surface area contributed by atoms with E-state index in [0.29, 0.717) is 5.69 Å². The number of hydrogen-bond acceptors (Lipinski definition) is 1. The van der Waals surface area contributed by atoms with Crippen LogP contribution >= 0.6 is 12.4 Å². The van der Waals surface area contributed by atoms with E-state index in [-0.39, 0.29) is 24.3 Å². The molecule has 0 saturated carbocycles. The Morgan fingerprint density at radius 1 is 1.22 bits per heavy atom. The van der Waals surface area contributed by atoms with Gasteiger partial charge in [-0.05, 0) is 30.7 Å². The molecule has 0 fully saturated rings. The van der Waals surface area contributed by atoms with E-state index in [2.05, 4.69) is 6.92 Å². The summed E-state index contributed by atoms with van der Waals surface area (Å²) in [5, 5.41) is 0. The van der Waals surface area contributed by atoms with E-state index in [1.54, 1.807) is 12.1 Å². The van der Waals surface area contributed by atoms with Crippen molar-refractivity contribution in [2.24, 2.45) is 5.73 Å². The van der Waals surface area contributed by atoms with Crippen LogP contribution in [0.15, 0.2) is 42.6 Å². The number of rotatable bonds is 4. The topological polar surface area (TPSA) is 30.9 Å². The Morgan fingerprint density at radius 2 is 1.94 bits per heavy atom. The van der Waals surface area contributed by atoms with Gasteiger partial charge in [-0.3, -0.25) is 0 Å². The second kappa shape index (κ2) is 6.57. The number of benzene rings is 1. The summed E-state index contributed by atoms with van der Waals surface area (Å²) in [7, 11) is 0. The molecule has 0 radical (unpaired) electrons. The first kappa shape index (κ1) is 14.7. The maximum Gasteiger partial charge on any atom is 0.147 e. The summed E-state index contributed by atoms with van der Waals surface area (Å²) in [5.74, 6) is -0.213. The molecule has 1 unspecified atom stereocenters. The summed E-state index contributed by atoms with van der Waals surface area (Å²) in [6.07, 6.45) is 3.55. The fourth-order valence-electron chi connectivity index (χ4n) is 1.88. The fraction of sp³-hybridized carbons (Fsp3) is 0.286. The highest BCUT2D eigenvalue weighted by Crippen LogP contribution is 2.17. The molecule has 0 aliphatic rings. The molecule has 0 aliphatic carbocycles. The average Bonchev–Trinajstić information content (AvgIpc) is 2.77. The predicted molar refractivity (Wildman–Crippen MR) is 74.9 cm³/mol. The highest BCUT2D eigenvalue weighted by atomic mass is 35.5. The molecule has 2 rings (SSSR count). The lowest BCUT2D eigenvalue weighted by Gasteiger charge is -2.13. The van der Waals surface area contributed by atoms with Crippen LogP contribution in [0, 0.1) is 5.82 Å². The Balaban J connectivity index is 0.00000162. The molecule has 0 aliphatic heterocycles. The van der Waals surface area contributed by atoms with Crippen molar-refractivity contribution in [3.05, 3.63) is 54.1 Å². The lowest BCUT2D eigenvalue weighted by Crippen LogP contribution is -2.22. The molecule has 4 heteroatoms. The standard InChI is InChI=1S/C14H17FN2.ClH/c1-2-11(16)10-12-6-5-9-17(12)14-8-4-3-7-13(14)15;/h3-9,11H,2,10,16H2,1H3;1H. The molecule has 1 atom stereocenters. The van der Waals surface area contributed by atoms with Crippen molar-refractivity contribution in [1.29, 1.82) is 0 Å². The minimum absolute atomic E-state index is 0. The van der Waals surface area contributed by atoms with Crippen LogP contribution in [0.25, 0.3) is 5.69 Å². The van der Waals surface area contributed by atoms with Gasteiger partial charge in [0.25, 0.3) is 0 Å². The van der Waals surface area contributed by atoms with Crippen LogP contribution in [0.4, 0.5) is 4.39 Å². The second-order valence-electron chi connectivity index (χ2n) is 4.19. The summed E-state index contributed by atoms with van der Waals surface area (Å²) in [4.78, 5) is 0. The SMILES string of the molecule is CCC(N)Cc1cccn1-c1ccccc1F.Cl. The number of nitrogens with zero attached hydrogens (tertiary/aromatic N) is 1. The highest BCUT2D eigenvalue weighted by Gasteiger charge is 2.09. The van der Waals surface area contributed by atoms with Crippen LogP contribution < -0.4 is 5.73 Å². The smallest absolute Gasteiger partial charge is 0.147 e. The Morgan fingerprint density at radius 3 is 2.61 bits per heavy atom. The van der Waals surface area contributed by atoms with Crippen molar-refractivity contribution in [3.8, 4) is 5.69 Å². The molecular weight excluding hydrogens is 251 g/mol. The van der Waals surface area contributed by atoms with Gasteiger partial charge in [-0.2, -0.15) is 0 Å². The lowest BCUT2D eigenvalue weighted by molar-refractivity contribution is 0.603. The third-order valence-electron chi connectivity index (χ3n) is 2.94. The van der Waals surface area contributed by atoms with E-state index in [4.69, 9.17) is 5.73 Å². The summed E-state index contributed by atoms with van der Waals surface area (Å²) < 4.78 is 15.6. The predicted octanol–water partition coefficient (Wildman–Crippen LogP) is 3.32. The molecule has 1 aromatic heterocycles. The van der Waals surface area contributed by atoms with E-state index in [1.165, 1.54) is 6.07 Å². The third-order valence-corrected chi connectivity index (χ3v) is 2.94. The van der Waals surface area contributed by atoms with Crippen LogP contribution in [-0.2, 0) is 6.42 Å². The normalized spacial score (nSPS) is 11.9. The minimum atomic E-state index is -0.213. The van der Waals surface area contributed by atoms with Crippen molar-refractivity contribution < 1.29 is 4.39 Å². The number of hydrogen-bond donors (Lipinski definition) is 1. The van der Waals surface area contributed by atoms with Crippen LogP contribution in [0.5, 0.6) is 0 Å². The van der Waals surface area contributed by atoms with Crippen molar-refractivity contribution in [2.75, 3.05) is 0 Å². The zero-order valence-electron chi connectivity index (χ0n) is 10.3. The molecule has 18 heavy (non-hydrogen) atoms. The van der Waals surface area contributed by atoms with E-state index in [9.17, 15) is 4.39 Å². The average molecular weight is 269 g/mol. The van der Waals surface area contributed by atoms with Gasteiger partial charge in [-0.1, -0.05) is 19.1 Å². The van der Waals surface area contributed by atoms with Gasteiger partial charge in [0.2, 0.25) is 0 Å². The van der Waals surface area contributed by atoms with Gasteiger partial charge >= 0.3 is 0 Å². The zero-order valence-corrected chi connectivity index (χ0v) is 11.2. The minimum Gasteiger partial charge on any atom is -0.327 e. The molecule has 98 valence electrons. The molecule has 2 N–H and O–H groups in total. The first-order valence-electron chi connectivity index (χ1n) is 5.89. The number of aromatic nitrogens is 1. The van der Waals surface area contributed by atoms with Gasteiger partial charge in [0, 0.05) is 24.4 Å². The summed E-state index contributed by atoms with van der Waals surface area (Å²) in [6.45, 7) is 2.06. The molecule has 0 bridgehead atoms. The zero-order chi connectivity index (χ0) is 12.3. The Hall–Kier alpha value is -1.32. The van der Waals surface area contributed by atoms with Crippen LogP contribution in [-0.4, -0.2) is 10.6 Å². The molecule has 0 spiro atoms. The van der Waals surface area contributed by atoms with Crippen molar-refractivity contribution in [1.82, 2.24) is 4.57 Å². The molecule has 1 aromatic carbocycles. The molecular formula is C14H18ClFN2. The van der Waals surface area contributed by atoms with Crippen LogP contribution in [0.2, 0.25) is 0 Å².